The molecule has 0 atom stereocenters. The molecule has 0 saturated carbocycles. The number of hydrogen-bond acceptors (Lipinski definition) is 0. The van der Waals surface area contributed by atoms with Gasteiger partial charge in [-0.25, -0.2) is 0 Å². The van der Waals surface area contributed by atoms with Crippen molar-refractivity contribution in [2.75, 3.05) is 0 Å². The minimum Gasteiger partial charge on any atom is -0.0886 e. The van der Waals surface area contributed by atoms with Crippen LogP contribution in [0.2, 0.25) is 0 Å². The van der Waals surface area contributed by atoms with Crippen molar-refractivity contribution >= 4 is 29.2 Å². The predicted octanol–water partition coefficient (Wildman–Crippen LogP) is 2.00. The average Bonchev–Trinajstić information content (AvgIpc) is 1.92. The average molecular weight is 225 g/mol. The first-order chi connectivity index (χ1) is 5.41. The van der Waals surface area contributed by atoms with Gasteiger partial charge in [0.25, 0.3) is 0 Å². The minimum atomic E-state index is 0.227. The van der Waals surface area contributed by atoms with Crippen LogP contribution in [0.1, 0.15) is 26.3 Å². The van der Waals surface area contributed by atoms with Crippen LogP contribution >= 0.6 is 15.9 Å². The van der Waals surface area contributed by atoms with Crippen molar-refractivity contribution in [3.05, 3.63) is 28.2 Å². The van der Waals surface area contributed by atoms with Crippen molar-refractivity contribution in [1.82, 2.24) is 0 Å². The topological polar surface area (TPSA) is 0 Å². The van der Waals surface area contributed by atoms with E-state index in [1.807, 2.05) is 0 Å². The Bertz CT molecular complexity index is 286. The Balaban J connectivity index is 3.23. The van der Waals surface area contributed by atoms with Gasteiger partial charge < -0.3 is 0 Å². The van der Waals surface area contributed by atoms with Gasteiger partial charge in [-0.1, -0.05) is 54.3 Å². The van der Waals surface area contributed by atoms with E-state index in [1.54, 1.807) is 0 Å². The van der Waals surface area contributed by atoms with Crippen molar-refractivity contribution < 1.29 is 0 Å². The first kappa shape index (κ1) is 9.85. The van der Waals surface area contributed by atoms with Crippen LogP contribution in [0.4, 0.5) is 0 Å². The Morgan fingerprint density at radius 2 is 1.83 bits per heavy atom. The fourth-order valence-electron chi connectivity index (χ4n) is 1.21. The summed E-state index contributed by atoms with van der Waals surface area (Å²) in [4.78, 5) is 0. The number of rotatable bonds is 0. The molecular formula is C10H14BBr. The molecule has 0 nitrogen and oxygen atoms in total. The van der Waals surface area contributed by atoms with Gasteiger partial charge in [0.2, 0.25) is 0 Å². The molecule has 0 aliphatic carbocycles. The Morgan fingerprint density at radius 3 is 2.25 bits per heavy atom. The van der Waals surface area contributed by atoms with Gasteiger partial charge in [0, 0.05) is 4.47 Å². The second-order valence-corrected chi connectivity index (χ2v) is 5.09. The van der Waals surface area contributed by atoms with Crippen LogP contribution in [-0.4, -0.2) is 7.85 Å². The summed E-state index contributed by atoms with van der Waals surface area (Å²) in [6.07, 6.45) is 0. The van der Waals surface area contributed by atoms with Gasteiger partial charge >= 0.3 is 0 Å². The van der Waals surface area contributed by atoms with Crippen molar-refractivity contribution in [3.8, 4) is 0 Å². The molecule has 1 aromatic rings. The van der Waals surface area contributed by atoms with E-state index in [2.05, 4.69) is 62.7 Å². The highest BCUT2D eigenvalue weighted by Gasteiger charge is 2.16. The van der Waals surface area contributed by atoms with E-state index in [1.165, 1.54) is 15.5 Å². The highest BCUT2D eigenvalue weighted by atomic mass is 79.9. The molecule has 0 heterocycles. The molecule has 2 heteroatoms. The number of hydrogen-bond donors (Lipinski definition) is 0. The second kappa shape index (κ2) is 3.25. The molecule has 1 aromatic carbocycles. The molecule has 0 spiro atoms. The SMILES string of the molecule is Bc1ccc(Br)c(C(C)(C)C)c1. The summed E-state index contributed by atoms with van der Waals surface area (Å²) in [5.41, 5.74) is 2.93. The van der Waals surface area contributed by atoms with E-state index in [-0.39, 0.29) is 5.41 Å². The molecule has 0 fully saturated rings. The zero-order valence-corrected chi connectivity index (χ0v) is 9.70. The van der Waals surface area contributed by atoms with Crippen LogP contribution in [0.15, 0.2) is 22.7 Å². The molecule has 0 aliphatic rings. The van der Waals surface area contributed by atoms with Crippen molar-refractivity contribution in [2.45, 2.75) is 26.2 Å². The van der Waals surface area contributed by atoms with Crippen LogP contribution in [0.25, 0.3) is 0 Å². The molecule has 0 saturated heterocycles. The normalized spacial score (nSPS) is 11.7. The van der Waals surface area contributed by atoms with E-state index in [0.29, 0.717) is 0 Å². The van der Waals surface area contributed by atoms with E-state index >= 15 is 0 Å². The van der Waals surface area contributed by atoms with Crippen LogP contribution in [0, 0.1) is 0 Å². The molecule has 0 aliphatic heterocycles. The maximum absolute atomic E-state index is 3.57. The van der Waals surface area contributed by atoms with Crippen LogP contribution in [0.3, 0.4) is 0 Å². The fourth-order valence-corrected chi connectivity index (χ4v) is 2.06. The zero-order chi connectivity index (χ0) is 9.35. The molecule has 64 valence electrons. The Labute approximate surface area is 83.9 Å². The van der Waals surface area contributed by atoms with E-state index in [4.69, 9.17) is 0 Å². The summed E-state index contributed by atoms with van der Waals surface area (Å²) in [7, 11) is 2.13. The number of halogens is 1. The number of benzene rings is 1. The van der Waals surface area contributed by atoms with Crippen LogP contribution in [-0.2, 0) is 5.41 Å². The lowest BCUT2D eigenvalue weighted by Crippen LogP contribution is -2.15. The molecule has 0 unspecified atom stereocenters. The molecular weight excluding hydrogens is 211 g/mol. The summed E-state index contributed by atoms with van der Waals surface area (Å²) in [5, 5.41) is 0. The Hall–Kier alpha value is -0.235. The second-order valence-electron chi connectivity index (χ2n) is 4.23. The van der Waals surface area contributed by atoms with Gasteiger partial charge in [-0.3, -0.25) is 0 Å². The Morgan fingerprint density at radius 1 is 1.25 bits per heavy atom. The molecule has 12 heavy (non-hydrogen) atoms. The van der Waals surface area contributed by atoms with Gasteiger partial charge in [0.05, 0.1) is 0 Å². The standard InChI is InChI=1S/C10H14BBr/c1-10(2,3)8-6-7(11)4-5-9(8)12/h4-6H,11H2,1-3H3. The van der Waals surface area contributed by atoms with Crippen LogP contribution < -0.4 is 5.46 Å². The summed E-state index contributed by atoms with van der Waals surface area (Å²) < 4.78 is 1.21. The van der Waals surface area contributed by atoms with Crippen molar-refractivity contribution in [1.29, 1.82) is 0 Å². The third kappa shape index (κ3) is 2.13. The molecule has 1 rings (SSSR count). The van der Waals surface area contributed by atoms with Crippen molar-refractivity contribution in [3.63, 3.8) is 0 Å². The summed E-state index contributed by atoms with van der Waals surface area (Å²) in [5.74, 6) is 0. The van der Waals surface area contributed by atoms with Gasteiger partial charge in [0.15, 0.2) is 0 Å². The quantitative estimate of drug-likeness (QED) is 0.592. The highest BCUT2D eigenvalue weighted by molar-refractivity contribution is 9.10. The summed E-state index contributed by atoms with van der Waals surface area (Å²) in [6.45, 7) is 6.69. The molecule has 0 radical (unpaired) electrons. The minimum absolute atomic E-state index is 0.227. The van der Waals surface area contributed by atoms with Gasteiger partial charge in [0.1, 0.15) is 7.85 Å². The molecule has 0 amide bonds. The summed E-state index contributed by atoms with van der Waals surface area (Å²) in [6, 6.07) is 6.49. The van der Waals surface area contributed by atoms with Gasteiger partial charge in [-0.2, -0.15) is 0 Å². The van der Waals surface area contributed by atoms with E-state index < -0.39 is 0 Å². The van der Waals surface area contributed by atoms with E-state index in [0.717, 1.165) is 0 Å². The molecule has 0 N–H and O–H groups in total. The van der Waals surface area contributed by atoms with Crippen LogP contribution in [0.5, 0.6) is 0 Å². The third-order valence-electron chi connectivity index (χ3n) is 1.93. The van der Waals surface area contributed by atoms with Gasteiger partial charge in [-0.05, 0) is 17.0 Å². The predicted molar refractivity (Wildman–Crippen MR) is 61.0 cm³/mol. The highest BCUT2D eigenvalue weighted by Crippen LogP contribution is 2.28. The first-order valence-electron chi connectivity index (χ1n) is 4.18. The maximum atomic E-state index is 3.57. The monoisotopic (exact) mass is 224 g/mol. The maximum Gasteiger partial charge on any atom is 0.139 e. The van der Waals surface area contributed by atoms with E-state index in [9.17, 15) is 0 Å². The van der Waals surface area contributed by atoms with Crippen molar-refractivity contribution in [2.24, 2.45) is 0 Å². The lowest BCUT2D eigenvalue weighted by Gasteiger charge is -2.21. The smallest absolute Gasteiger partial charge is 0.0886 e. The van der Waals surface area contributed by atoms with Gasteiger partial charge in [-0.15, -0.1) is 0 Å². The molecule has 0 aromatic heterocycles. The first-order valence-corrected chi connectivity index (χ1v) is 4.97. The third-order valence-corrected chi connectivity index (χ3v) is 2.62. The largest absolute Gasteiger partial charge is 0.139 e. The zero-order valence-electron chi connectivity index (χ0n) is 8.11. The lowest BCUT2D eigenvalue weighted by molar-refractivity contribution is 0.587. The lowest BCUT2D eigenvalue weighted by atomic mass is 9.83. The Kier molecular flexibility index (Phi) is 2.67. The summed E-state index contributed by atoms with van der Waals surface area (Å²) >= 11 is 3.57. The fraction of sp³-hybridized carbons (Fsp3) is 0.400. The molecule has 0 bridgehead atoms.